The van der Waals surface area contributed by atoms with Crippen LogP contribution < -0.4 is 10.2 Å². The summed E-state index contributed by atoms with van der Waals surface area (Å²) in [6.07, 6.45) is 1.84. The number of benzene rings is 2. The minimum absolute atomic E-state index is 0.0455. The van der Waals surface area contributed by atoms with Gasteiger partial charge in [0.15, 0.2) is 0 Å². The molecule has 1 aromatic heterocycles. The van der Waals surface area contributed by atoms with Gasteiger partial charge in [0.25, 0.3) is 0 Å². The van der Waals surface area contributed by atoms with Crippen molar-refractivity contribution < 1.29 is 19.1 Å². The standard InChI is InChI=1S/C19H15ClO5/c20-16-5-2-1-4-13(16)15-11-25-17-10-12(7-8-14(17)19(15)23)24-9-3-6-18(21)22/h1-2,4-5,7-8,10-11H,3,6,9H2,(H,21,22). The van der Waals surface area contributed by atoms with Crippen LogP contribution in [0.3, 0.4) is 0 Å². The lowest BCUT2D eigenvalue weighted by molar-refractivity contribution is -0.137. The van der Waals surface area contributed by atoms with Crippen LogP contribution in [0.4, 0.5) is 0 Å². The summed E-state index contributed by atoms with van der Waals surface area (Å²) >= 11 is 6.16. The summed E-state index contributed by atoms with van der Waals surface area (Å²) in [5.74, 6) is -0.341. The van der Waals surface area contributed by atoms with E-state index in [1.165, 1.54) is 6.26 Å². The van der Waals surface area contributed by atoms with Gasteiger partial charge in [0.2, 0.25) is 5.43 Å². The summed E-state index contributed by atoms with van der Waals surface area (Å²) in [5.41, 5.74) is 1.24. The molecule has 0 fully saturated rings. The summed E-state index contributed by atoms with van der Waals surface area (Å²) in [4.78, 5) is 23.2. The SMILES string of the molecule is O=C(O)CCCOc1ccc2c(=O)c(-c3ccccc3Cl)coc2c1. The summed E-state index contributed by atoms with van der Waals surface area (Å²) in [5, 5.41) is 9.51. The zero-order chi connectivity index (χ0) is 17.8. The predicted molar refractivity (Wildman–Crippen MR) is 95.3 cm³/mol. The highest BCUT2D eigenvalue weighted by Gasteiger charge is 2.12. The van der Waals surface area contributed by atoms with E-state index < -0.39 is 5.97 Å². The van der Waals surface area contributed by atoms with Crippen LogP contribution >= 0.6 is 11.6 Å². The molecule has 3 aromatic rings. The number of fused-ring (bicyclic) bond motifs is 1. The smallest absolute Gasteiger partial charge is 0.303 e. The molecule has 0 saturated heterocycles. The van der Waals surface area contributed by atoms with Crippen molar-refractivity contribution in [2.75, 3.05) is 6.61 Å². The molecule has 0 radical (unpaired) electrons. The largest absolute Gasteiger partial charge is 0.493 e. The third kappa shape index (κ3) is 3.83. The van der Waals surface area contributed by atoms with Crippen molar-refractivity contribution in [3.8, 4) is 16.9 Å². The number of hydrogen-bond donors (Lipinski definition) is 1. The average Bonchev–Trinajstić information content (AvgIpc) is 2.60. The van der Waals surface area contributed by atoms with Crippen LogP contribution in [0.25, 0.3) is 22.1 Å². The van der Waals surface area contributed by atoms with E-state index >= 15 is 0 Å². The summed E-state index contributed by atoms with van der Waals surface area (Å²) in [7, 11) is 0. The fourth-order valence-electron chi connectivity index (χ4n) is 2.48. The molecular weight excluding hydrogens is 344 g/mol. The molecule has 0 aliphatic rings. The fourth-order valence-corrected chi connectivity index (χ4v) is 2.71. The lowest BCUT2D eigenvalue weighted by Gasteiger charge is -2.07. The Hall–Kier alpha value is -2.79. The highest BCUT2D eigenvalue weighted by Crippen LogP contribution is 2.27. The van der Waals surface area contributed by atoms with Gasteiger partial charge < -0.3 is 14.3 Å². The molecule has 5 nitrogen and oxygen atoms in total. The van der Waals surface area contributed by atoms with Crippen LogP contribution in [0.15, 0.2) is 57.9 Å². The van der Waals surface area contributed by atoms with Gasteiger partial charge in [-0.25, -0.2) is 0 Å². The minimum atomic E-state index is -0.861. The van der Waals surface area contributed by atoms with E-state index in [1.807, 2.05) is 0 Å². The second-order valence-electron chi connectivity index (χ2n) is 5.46. The van der Waals surface area contributed by atoms with Crippen LogP contribution in [-0.2, 0) is 4.79 Å². The maximum atomic E-state index is 12.7. The number of aliphatic carboxylic acids is 1. The Kier molecular flexibility index (Phi) is 5.05. The molecule has 0 spiro atoms. The molecular formula is C19H15ClO5. The van der Waals surface area contributed by atoms with Crippen LogP contribution in [0.2, 0.25) is 5.02 Å². The van der Waals surface area contributed by atoms with Crippen LogP contribution in [0, 0.1) is 0 Å². The van der Waals surface area contributed by atoms with Gasteiger partial charge in [-0.3, -0.25) is 9.59 Å². The van der Waals surface area contributed by atoms with Gasteiger partial charge >= 0.3 is 5.97 Å². The minimum Gasteiger partial charge on any atom is -0.493 e. The van der Waals surface area contributed by atoms with E-state index in [2.05, 4.69) is 0 Å². The Morgan fingerprint density at radius 1 is 1.16 bits per heavy atom. The van der Waals surface area contributed by atoms with Crippen molar-refractivity contribution in [2.24, 2.45) is 0 Å². The van der Waals surface area contributed by atoms with E-state index in [0.29, 0.717) is 39.3 Å². The zero-order valence-corrected chi connectivity index (χ0v) is 14.0. The molecule has 25 heavy (non-hydrogen) atoms. The second-order valence-corrected chi connectivity index (χ2v) is 5.87. The molecule has 1 N–H and O–H groups in total. The van der Waals surface area contributed by atoms with Crippen LogP contribution in [0.1, 0.15) is 12.8 Å². The number of carboxylic acids is 1. The Balaban J connectivity index is 1.88. The van der Waals surface area contributed by atoms with E-state index in [9.17, 15) is 9.59 Å². The van der Waals surface area contributed by atoms with Crippen molar-refractivity contribution in [3.05, 3.63) is 64.0 Å². The van der Waals surface area contributed by atoms with Gasteiger partial charge in [-0.05, 0) is 24.6 Å². The molecule has 0 aliphatic heterocycles. The zero-order valence-electron chi connectivity index (χ0n) is 13.2. The molecule has 0 amide bonds. The highest BCUT2D eigenvalue weighted by atomic mass is 35.5. The van der Waals surface area contributed by atoms with Gasteiger partial charge in [0, 0.05) is 23.1 Å². The van der Waals surface area contributed by atoms with Gasteiger partial charge in [0.05, 0.1) is 17.6 Å². The summed E-state index contributed by atoms with van der Waals surface area (Å²) < 4.78 is 11.1. The van der Waals surface area contributed by atoms with Crippen molar-refractivity contribution in [2.45, 2.75) is 12.8 Å². The van der Waals surface area contributed by atoms with Gasteiger partial charge in [-0.15, -0.1) is 0 Å². The molecule has 1 heterocycles. The third-order valence-corrected chi connectivity index (χ3v) is 4.04. The normalized spacial score (nSPS) is 10.8. The van der Waals surface area contributed by atoms with E-state index in [-0.39, 0.29) is 18.5 Å². The lowest BCUT2D eigenvalue weighted by atomic mass is 10.1. The molecule has 0 atom stereocenters. The quantitative estimate of drug-likeness (QED) is 0.662. The highest BCUT2D eigenvalue weighted by molar-refractivity contribution is 6.33. The molecule has 6 heteroatoms. The van der Waals surface area contributed by atoms with Gasteiger partial charge in [-0.2, -0.15) is 0 Å². The first-order chi connectivity index (χ1) is 12.1. The van der Waals surface area contributed by atoms with Gasteiger partial charge in [0.1, 0.15) is 17.6 Å². The maximum Gasteiger partial charge on any atom is 0.303 e. The summed E-state index contributed by atoms with van der Waals surface area (Å²) in [6.45, 7) is 0.278. The Labute approximate surface area is 148 Å². The first kappa shape index (κ1) is 17.0. The van der Waals surface area contributed by atoms with E-state index in [4.69, 9.17) is 25.9 Å². The first-order valence-electron chi connectivity index (χ1n) is 7.71. The van der Waals surface area contributed by atoms with E-state index in [0.717, 1.165) is 0 Å². The molecule has 2 aromatic carbocycles. The van der Waals surface area contributed by atoms with Crippen molar-refractivity contribution >= 4 is 28.5 Å². The second kappa shape index (κ2) is 7.40. The number of ether oxygens (including phenoxy) is 1. The summed E-state index contributed by atoms with van der Waals surface area (Å²) in [6, 6.07) is 12.0. The molecule has 3 rings (SSSR count). The van der Waals surface area contributed by atoms with Gasteiger partial charge in [-0.1, -0.05) is 29.8 Å². The Morgan fingerprint density at radius 2 is 1.96 bits per heavy atom. The number of hydrogen-bond acceptors (Lipinski definition) is 4. The maximum absolute atomic E-state index is 12.7. The molecule has 0 unspecified atom stereocenters. The number of carbonyl (C=O) groups is 1. The van der Waals surface area contributed by atoms with Crippen LogP contribution in [0.5, 0.6) is 5.75 Å². The van der Waals surface area contributed by atoms with Crippen LogP contribution in [-0.4, -0.2) is 17.7 Å². The fraction of sp³-hybridized carbons (Fsp3) is 0.158. The van der Waals surface area contributed by atoms with Crippen molar-refractivity contribution in [1.29, 1.82) is 0 Å². The molecule has 128 valence electrons. The van der Waals surface area contributed by atoms with Crippen molar-refractivity contribution in [1.82, 2.24) is 0 Å². The third-order valence-electron chi connectivity index (χ3n) is 3.71. The predicted octanol–water partition coefficient (Wildman–Crippen LogP) is 4.36. The number of rotatable bonds is 6. The number of halogens is 1. The first-order valence-corrected chi connectivity index (χ1v) is 8.09. The lowest BCUT2D eigenvalue weighted by Crippen LogP contribution is -2.06. The molecule has 0 aliphatic carbocycles. The Morgan fingerprint density at radius 3 is 2.72 bits per heavy atom. The topological polar surface area (TPSA) is 76.7 Å². The number of carboxylic acid groups (broad SMARTS) is 1. The molecule has 0 saturated carbocycles. The molecule has 0 bridgehead atoms. The monoisotopic (exact) mass is 358 g/mol. The average molecular weight is 359 g/mol. The van der Waals surface area contributed by atoms with Crippen molar-refractivity contribution in [3.63, 3.8) is 0 Å². The Bertz CT molecular complexity index is 977. The van der Waals surface area contributed by atoms with E-state index in [1.54, 1.807) is 42.5 Å².